The number of esters is 1. The SMILES string of the molecule is C=C(C)C(=O)O[C@@H]1[C@H]2OC(C)(C)O[C@H]2O[C@@H]1[C@H](O)CO. The van der Waals surface area contributed by atoms with Crippen molar-refractivity contribution in [1.82, 2.24) is 0 Å². The predicted molar refractivity (Wildman–Crippen MR) is 66.5 cm³/mol. The molecule has 2 rings (SSSR count). The van der Waals surface area contributed by atoms with Crippen LogP contribution in [0.2, 0.25) is 0 Å². The number of hydrogen-bond acceptors (Lipinski definition) is 7. The van der Waals surface area contributed by atoms with Gasteiger partial charge in [-0.25, -0.2) is 4.79 Å². The van der Waals surface area contributed by atoms with Gasteiger partial charge in [0, 0.05) is 5.57 Å². The molecule has 0 aliphatic carbocycles. The minimum atomic E-state index is -1.20. The summed E-state index contributed by atoms with van der Waals surface area (Å²) >= 11 is 0. The molecule has 0 amide bonds. The van der Waals surface area contributed by atoms with Gasteiger partial charge in [0.15, 0.2) is 24.3 Å². The Balaban J connectivity index is 2.16. The maximum Gasteiger partial charge on any atom is 0.333 e. The lowest BCUT2D eigenvalue weighted by atomic mass is 10.1. The highest BCUT2D eigenvalue weighted by Crippen LogP contribution is 2.39. The normalized spacial score (nSPS) is 36.5. The fraction of sp³-hybridized carbons (Fsp3) is 0.769. The van der Waals surface area contributed by atoms with Gasteiger partial charge in [0.1, 0.15) is 12.2 Å². The first-order chi connectivity index (χ1) is 9.25. The molecule has 2 N–H and O–H groups in total. The van der Waals surface area contributed by atoms with Gasteiger partial charge in [-0.2, -0.15) is 0 Å². The van der Waals surface area contributed by atoms with Crippen LogP contribution in [0.25, 0.3) is 0 Å². The molecule has 0 radical (unpaired) electrons. The molecule has 2 aliphatic heterocycles. The molecule has 0 aromatic carbocycles. The van der Waals surface area contributed by atoms with Gasteiger partial charge >= 0.3 is 5.97 Å². The zero-order chi connectivity index (χ0) is 15.1. The molecule has 5 atom stereocenters. The zero-order valence-electron chi connectivity index (χ0n) is 11.7. The van der Waals surface area contributed by atoms with E-state index in [9.17, 15) is 9.90 Å². The summed E-state index contributed by atoms with van der Waals surface area (Å²) in [4.78, 5) is 11.7. The van der Waals surface area contributed by atoms with E-state index in [4.69, 9.17) is 24.1 Å². The molecule has 0 aromatic rings. The van der Waals surface area contributed by atoms with Gasteiger partial charge in [-0.3, -0.25) is 0 Å². The van der Waals surface area contributed by atoms with Crippen LogP contribution >= 0.6 is 0 Å². The highest BCUT2D eigenvalue weighted by molar-refractivity contribution is 5.87. The monoisotopic (exact) mass is 288 g/mol. The fourth-order valence-electron chi connectivity index (χ4n) is 2.28. The fourth-order valence-corrected chi connectivity index (χ4v) is 2.28. The van der Waals surface area contributed by atoms with Crippen LogP contribution in [0.1, 0.15) is 20.8 Å². The van der Waals surface area contributed by atoms with Crippen LogP contribution in [-0.2, 0) is 23.7 Å². The largest absolute Gasteiger partial charge is 0.453 e. The minimum Gasteiger partial charge on any atom is -0.453 e. The molecule has 2 saturated heterocycles. The molecule has 0 bridgehead atoms. The zero-order valence-corrected chi connectivity index (χ0v) is 11.7. The maximum atomic E-state index is 11.7. The third kappa shape index (κ3) is 2.87. The molecule has 0 spiro atoms. The minimum absolute atomic E-state index is 0.226. The van der Waals surface area contributed by atoms with Crippen molar-refractivity contribution in [2.75, 3.05) is 6.61 Å². The molecule has 2 fully saturated rings. The number of carbonyl (C=O) groups is 1. The molecular formula is C13H20O7. The van der Waals surface area contributed by atoms with Crippen LogP contribution in [0, 0.1) is 0 Å². The van der Waals surface area contributed by atoms with Crippen LogP contribution in [0.15, 0.2) is 12.2 Å². The Bertz CT molecular complexity index is 406. The first-order valence-electron chi connectivity index (χ1n) is 6.41. The molecule has 7 nitrogen and oxygen atoms in total. The smallest absolute Gasteiger partial charge is 0.333 e. The van der Waals surface area contributed by atoms with E-state index >= 15 is 0 Å². The third-order valence-corrected chi connectivity index (χ3v) is 3.18. The molecule has 114 valence electrons. The summed E-state index contributed by atoms with van der Waals surface area (Å²) in [6.45, 7) is 7.92. The number of hydrogen-bond donors (Lipinski definition) is 2. The van der Waals surface area contributed by atoms with E-state index in [1.807, 2.05) is 0 Å². The Labute approximate surface area is 117 Å². The summed E-state index contributed by atoms with van der Waals surface area (Å²) in [7, 11) is 0. The van der Waals surface area contributed by atoms with Gasteiger partial charge in [-0.05, 0) is 20.8 Å². The van der Waals surface area contributed by atoms with Crippen molar-refractivity contribution < 1.29 is 34.0 Å². The number of aliphatic hydroxyl groups is 2. The number of ether oxygens (including phenoxy) is 4. The van der Waals surface area contributed by atoms with Gasteiger partial charge in [0.25, 0.3) is 0 Å². The summed E-state index contributed by atoms with van der Waals surface area (Å²) in [5.74, 6) is -1.47. The van der Waals surface area contributed by atoms with Gasteiger partial charge in [-0.1, -0.05) is 6.58 Å². The van der Waals surface area contributed by atoms with Crippen LogP contribution in [-0.4, -0.2) is 59.3 Å². The second-order valence-corrected chi connectivity index (χ2v) is 5.47. The summed E-state index contributed by atoms with van der Waals surface area (Å²) in [6, 6.07) is 0. The van der Waals surface area contributed by atoms with Gasteiger partial charge < -0.3 is 29.2 Å². The maximum absolute atomic E-state index is 11.7. The van der Waals surface area contributed by atoms with Crippen molar-refractivity contribution in [3.63, 3.8) is 0 Å². The van der Waals surface area contributed by atoms with E-state index in [2.05, 4.69) is 6.58 Å². The number of fused-ring (bicyclic) bond motifs is 1. The lowest BCUT2D eigenvalue weighted by molar-refractivity contribution is -0.230. The molecule has 20 heavy (non-hydrogen) atoms. The predicted octanol–water partition coefficient (Wildman–Crippen LogP) is -0.296. The van der Waals surface area contributed by atoms with Crippen LogP contribution in [0.5, 0.6) is 0 Å². The van der Waals surface area contributed by atoms with E-state index in [0.29, 0.717) is 0 Å². The quantitative estimate of drug-likeness (QED) is 0.542. The van der Waals surface area contributed by atoms with Gasteiger partial charge in [-0.15, -0.1) is 0 Å². The van der Waals surface area contributed by atoms with E-state index < -0.39 is 49.1 Å². The molecule has 7 heteroatoms. The average Bonchev–Trinajstić information content (AvgIpc) is 2.81. The van der Waals surface area contributed by atoms with Crippen molar-refractivity contribution in [1.29, 1.82) is 0 Å². The van der Waals surface area contributed by atoms with E-state index in [1.165, 1.54) is 6.92 Å². The molecule has 0 unspecified atom stereocenters. The van der Waals surface area contributed by atoms with E-state index in [-0.39, 0.29) is 5.57 Å². The Hall–Kier alpha value is -0.990. The average molecular weight is 288 g/mol. The van der Waals surface area contributed by atoms with Crippen LogP contribution < -0.4 is 0 Å². The van der Waals surface area contributed by atoms with Gasteiger partial charge in [0.05, 0.1) is 6.61 Å². The standard InChI is InChI=1S/C13H20O7/c1-6(2)11(16)17-9-8(7(15)5-14)18-12-10(9)19-13(3,4)20-12/h7-10,12,14-15H,1,5H2,2-4H3/t7-,8-,9+,10-,12-/m1/s1. The number of carbonyl (C=O) groups excluding carboxylic acids is 1. The molecular weight excluding hydrogens is 268 g/mol. The van der Waals surface area contributed by atoms with Crippen molar-refractivity contribution in [3.8, 4) is 0 Å². The second-order valence-electron chi connectivity index (χ2n) is 5.47. The second kappa shape index (κ2) is 5.42. The van der Waals surface area contributed by atoms with E-state index in [0.717, 1.165) is 0 Å². The summed E-state index contributed by atoms with van der Waals surface area (Å²) in [6.07, 6.45) is -4.38. The molecule has 2 aliphatic rings. The first kappa shape index (κ1) is 15.4. The summed E-state index contributed by atoms with van der Waals surface area (Å²) in [5.41, 5.74) is 0.226. The highest BCUT2D eigenvalue weighted by Gasteiger charge is 2.58. The third-order valence-electron chi connectivity index (χ3n) is 3.18. The Kier molecular flexibility index (Phi) is 4.17. The van der Waals surface area contributed by atoms with Crippen molar-refractivity contribution in [2.45, 2.75) is 57.3 Å². The summed E-state index contributed by atoms with van der Waals surface area (Å²) < 4.78 is 21.9. The highest BCUT2D eigenvalue weighted by atomic mass is 16.8. The summed E-state index contributed by atoms with van der Waals surface area (Å²) in [5, 5.41) is 18.8. The number of rotatable bonds is 4. The van der Waals surface area contributed by atoms with Gasteiger partial charge in [0.2, 0.25) is 0 Å². The Morgan fingerprint density at radius 2 is 2.10 bits per heavy atom. The van der Waals surface area contributed by atoms with Crippen molar-refractivity contribution >= 4 is 5.97 Å². The lowest BCUT2D eigenvalue weighted by Crippen LogP contribution is -2.45. The molecule has 0 saturated carbocycles. The Morgan fingerprint density at radius 1 is 1.45 bits per heavy atom. The molecule has 2 heterocycles. The van der Waals surface area contributed by atoms with Crippen molar-refractivity contribution in [3.05, 3.63) is 12.2 Å². The van der Waals surface area contributed by atoms with Crippen LogP contribution in [0.3, 0.4) is 0 Å². The lowest BCUT2D eigenvalue weighted by Gasteiger charge is -2.27. The molecule has 0 aromatic heterocycles. The first-order valence-corrected chi connectivity index (χ1v) is 6.41. The van der Waals surface area contributed by atoms with Crippen LogP contribution in [0.4, 0.5) is 0 Å². The Morgan fingerprint density at radius 3 is 2.65 bits per heavy atom. The van der Waals surface area contributed by atoms with Crippen molar-refractivity contribution in [2.24, 2.45) is 0 Å². The topological polar surface area (TPSA) is 94.5 Å². The number of aliphatic hydroxyl groups excluding tert-OH is 2. The van der Waals surface area contributed by atoms with E-state index in [1.54, 1.807) is 13.8 Å².